The van der Waals surface area contributed by atoms with Crippen molar-refractivity contribution in [2.75, 3.05) is 58.8 Å². The molecule has 2 fully saturated rings. The number of carbonyl (C=O) groups excluding carboxylic acids is 3. The van der Waals surface area contributed by atoms with Gasteiger partial charge < -0.3 is 19.9 Å². The predicted molar refractivity (Wildman–Crippen MR) is 133 cm³/mol. The zero-order chi connectivity index (χ0) is 24.2. The summed E-state index contributed by atoms with van der Waals surface area (Å²) in [6.45, 7) is 4.85. The average molecular weight is 485 g/mol. The largest absolute Gasteiger partial charge is 0.378 e. The van der Waals surface area contributed by atoms with Crippen LogP contribution in [0.2, 0.25) is 0 Å². The van der Waals surface area contributed by atoms with Gasteiger partial charge in [0.15, 0.2) is 0 Å². The number of hydrogen-bond acceptors (Lipinski definition) is 6. The van der Waals surface area contributed by atoms with Crippen molar-refractivity contribution in [1.29, 1.82) is 0 Å². The van der Waals surface area contributed by atoms with Gasteiger partial charge in [-0.3, -0.25) is 19.3 Å². The van der Waals surface area contributed by atoms with E-state index < -0.39 is 0 Å². The third kappa shape index (κ3) is 5.16. The molecule has 2 aliphatic heterocycles. The number of nitrogens with one attached hydrogen (secondary N) is 1. The standard InChI is InChI=1S/C25H32N4O4S/c1-17-21(25(32)28-12-14-33-15-13-28)23(34-22(17)18-8-5-4-6-9-18)26-20(30)16-29-11-7-10-19(29)24(31)27(2)3/h4-6,8-9,19H,7,10-16H2,1-3H3,(H,26,30)/t19-/m0/s1. The fourth-order valence-corrected chi connectivity index (χ4v) is 5.81. The van der Waals surface area contributed by atoms with Crippen LogP contribution in [0.4, 0.5) is 5.00 Å². The second kappa shape index (κ2) is 10.7. The summed E-state index contributed by atoms with van der Waals surface area (Å²) in [5.74, 6) is -0.279. The lowest BCUT2D eigenvalue weighted by molar-refractivity contribution is -0.133. The first-order valence-electron chi connectivity index (χ1n) is 11.7. The molecule has 182 valence electrons. The Hall–Kier alpha value is -2.75. The quantitative estimate of drug-likeness (QED) is 0.682. The van der Waals surface area contributed by atoms with Crippen LogP contribution in [0.1, 0.15) is 28.8 Å². The average Bonchev–Trinajstić information content (AvgIpc) is 3.43. The van der Waals surface area contributed by atoms with Crippen LogP contribution in [0, 0.1) is 6.92 Å². The molecule has 2 aromatic rings. The van der Waals surface area contributed by atoms with Gasteiger partial charge in [0, 0.05) is 32.1 Å². The lowest BCUT2D eigenvalue weighted by Crippen LogP contribution is -2.45. The molecular weight excluding hydrogens is 452 g/mol. The lowest BCUT2D eigenvalue weighted by atomic mass is 10.1. The molecule has 0 aliphatic carbocycles. The second-order valence-corrected chi connectivity index (χ2v) is 9.96. The number of thiophene rings is 1. The van der Waals surface area contributed by atoms with Crippen molar-refractivity contribution in [3.8, 4) is 10.4 Å². The van der Waals surface area contributed by atoms with E-state index in [9.17, 15) is 14.4 Å². The zero-order valence-corrected chi connectivity index (χ0v) is 20.8. The SMILES string of the molecule is Cc1c(-c2ccccc2)sc(NC(=O)CN2CCC[C@H]2C(=O)N(C)C)c1C(=O)N1CCOCC1. The molecule has 2 saturated heterocycles. The molecule has 0 spiro atoms. The van der Waals surface area contributed by atoms with E-state index in [2.05, 4.69) is 5.32 Å². The summed E-state index contributed by atoms with van der Waals surface area (Å²) >= 11 is 1.43. The van der Waals surface area contributed by atoms with Crippen LogP contribution in [0.5, 0.6) is 0 Å². The number of amides is 3. The summed E-state index contributed by atoms with van der Waals surface area (Å²) < 4.78 is 5.41. The Labute approximate surface area is 204 Å². The first-order chi connectivity index (χ1) is 16.4. The fraction of sp³-hybridized carbons (Fsp3) is 0.480. The number of benzene rings is 1. The number of nitrogens with zero attached hydrogens (tertiary/aromatic N) is 3. The van der Waals surface area contributed by atoms with Crippen molar-refractivity contribution in [3.05, 3.63) is 41.5 Å². The topological polar surface area (TPSA) is 82.2 Å². The van der Waals surface area contributed by atoms with Gasteiger partial charge in [-0.25, -0.2) is 0 Å². The third-order valence-corrected chi connectivity index (χ3v) is 7.64. The van der Waals surface area contributed by atoms with Crippen LogP contribution in [-0.4, -0.2) is 92.0 Å². The highest BCUT2D eigenvalue weighted by atomic mass is 32.1. The molecule has 1 aromatic heterocycles. The number of likely N-dealkylation sites (N-methyl/N-ethyl adjacent to an activating group) is 1. The van der Waals surface area contributed by atoms with E-state index in [0.29, 0.717) is 43.4 Å². The predicted octanol–water partition coefficient (Wildman–Crippen LogP) is 2.69. The summed E-state index contributed by atoms with van der Waals surface area (Å²) in [5.41, 5.74) is 2.42. The molecule has 4 rings (SSSR count). The summed E-state index contributed by atoms with van der Waals surface area (Å²) in [5, 5.41) is 3.57. The van der Waals surface area contributed by atoms with Crippen LogP contribution in [0.25, 0.3) is 10.4 Å². The minimum absolute atomic E-state index is 0.0202. The van der Waals surface area contributed by atoms with Gasteiger partial charge in [0.25, 0.3) is 5.91 Å². The van der Waals surface area contributed by atoms with E-state index in [0.717, 1.165) is 28.8 Å². The van der Waals surface area contributed by atoms with E-state index in [-0.39, 0.29) is 30.3 Å². The van der Waals surface area contributed by atoms with Gasteiger partial charge in [0.2, 0.25) is 11.8 Å². The van der Waals surface area contributed by atoms with Crippen molar-refractivity contribution < 1.29 is 19.1 Å². The maximum atomic E-state index is 13.5. The Morgan fingerprint density at radius 1 is 1.12 bits per heavy atom. The summed E-state index contributed by atoms with van der Waals surface area (Å²) in [7, 11) is 3.48. The molecule has 9 heteroatoms. The molecule has 0 saturated carbocycles. The van der Waals surface area contributed by atoms with E-state index >= 15 is 0 Å². The van der Waals surface area contributed by atoms with Gasteiger partial charge in [-0.05, 0) is 37.4 Å². The van der Waals surface area contributed by atoms with Crippen LogP contribution < -0.4 is 5.32 Å². The molecule has 1 atom stereocenters. The normalized spacial score (nSPS) is 18.7. The van der Waals surface area contributed by atoms with Crippen LogP contribution >= 0.6 is 11.3 Å². The highest BCUT2D eigenvalue weighted by molar-refractivity contribution is 7.20. The smallest absolute Gasteiger partial charge is 0.257 e. The Morgan fingerprint density at radius 3 is 2.50 bits per heavy atom. The lowest BCUT2D eigenvalue weighted by Gasteiger charge is -2.27. The number of ether oxygens (including phenoxy) is 1. The van der Waals surface area contributed by atoms with Gasteiger partial charge in [-0.2, -0.15) is 0 Å². The summed E-state index contributed by atoms with van der Waals surface area (Å²) in [4.78, 5) is 45.4. The molecule has 1 N–H and O–H groups in total. The monoisotopic (exact) mass is 484 g/mol. The van der Waals surface area contributed by atoms with E-state index in [1.54, 1.807) is 23.9 Å². The molecule has 1 aromatic carbocycles. The van der Waals surface area contributed by atoms with Gasteiger partial charge >= 0.3 is 0 Å². The fourth-order valence-electron chi connectivity index (χ4n) is 4.59. The van der Waals surface area contributed by atoms with Crippen LogP contribution in [-0.2, 0) is 14.3 Å². The number of likely N-dealkylation sites (tertiary alicyclic amines) is 1. The van der Waals surface area contributed by atoms with Crippen molar-refractivity contribution >= 4 is 34.1 Å². The third-order valence-electron chi connectivity index (χ3n) is 6.38. The molecule has 3 heterocycles. The molecular formula is C25H32N4O4S. The molecule has 0 bridgehead atoms. The van der Waals surface area contributed by atoms with Crippen molar-refractivity contribution in [2.45, 2.75) is 25.8 Å². The Kier molecular flexibility index (Phi) is 7.65. The van der Waals surface area contributed by atoms with E-state index in [4.69, 9.17) is 4.74 Å². The number of morpholine rings is 1. The maximum Gasteiger partial charge on any atom is 0.257 e. The second-order valence-electron chi connectivity index (χ2n) is 8.94. The number of anilines is 1. The highest BCUT2D eigenvalue weighted by Crippen LogP contribution is 2.40. The number of hydrogen-bond donors (Lipinski definition) is 1. The molecule has 0 unspecified atom stereocenters. The molecule has 3 amide bonds. The van der Waals surface area contributed by atoms with E-state index in [1.807, 2.05) is 42.2 Å². The van der Waals surface area contributed by atoms with Gasteiger partial charge in [-0.15, -0.1) is 11.3 Å². The van der Waals surface area contributed by atoms with Crippen LogP contribution in [0.15, 0.2) is 30.3 Å². The van der Waals surface area contributed by atoms with Gasteiger partial charge in [0.1, 0.15) is 5.00 Å². The molecule has 34 heavy (non-hydrogen) atoms. The Bertz CT molecular complexity index is 1050. The van der Waals surface area contributed by atoms with Gasteiger partial charge in [0.05, 0.1) is 31.4 Å². The van der Waals surface area contributed by atoms with Gasteiger partial charge in [-0.1, -0.05) is 30.3 Å². The van der Waals surface area contributed by atoms with Crippen LogP contribution in [0.3, 0.4) is 0 Å². The minimum Gasteiger partial charge on any atom is -0.378 e. The number of rotatable bonds is 6. The molecule has 2 aliphatic rings. The Balaban J connectivity index is 1.59. The Morgan fingerprint density at radius 2 is 1.82 bits per heavy atom. The maximum absolute atomic E-state index is 13.5. The van der Waals surface area contributed by atoms with Crippen molar-refractivity contribution in [2.24, 2.45) is 0 Å². The zero-order valence-electron chi connectivity index (χ0n) is 20.0. The molecule has 8 nitrogen and oxygen atoms in total. The van der Waals surface area contributed by atoms with Crippen molar-refractivity contribution in [1.82, 2.24) is 14.7 Å². The first kappa shape index (κ1) is 24.4. The number of carbonyl (C=O) groups is 3. The van der Waals surface area contributed by atoms with Crippen molar-refractivity contribution in [3.63, 3.8) is 0 Å². The molecule has 0 radical (unpaired) electrons. The highest BCUT2D eigenvalue weighted by Gasteiger charge is 2.33. The van der Waals surface area contributed by atoms with E-state index in [1.165, 1.54) is 11.3 Å². The summed E-state index contributed by atoms with van der Waals surface area (Å²) in [6.07, 6.45) is 1.63. The summed E-state index contributed by atoms with van der Waals surface area (Å²) in [6, 6.07) is 9.62. The first-order valence-corrected chi connectivity index (χ1v) is 12.5. The minimum atomic E-state index is -0.278.